The van der Waals surface area contributed by atoms with Gasteiger partial charge in [0, 0.05) is 12.2 Å². The molecule has 4 rings (SSSR count). The van der Waals surface area contributed by atoms with Gasteiger partial charge in [-0.25, -0.2) is 12.8 Å². The molecule has 9 heteroatoms. The van der Waals surface area contributed by atoms with Crippen LogP contribution in [-0.2, 0) is 27.8 Å². The fourth-order valence-electron chi connectivity index (χ4n) is 3.02. The molecule has 1 aliphatic heterocycles. The molecule has 0 saturated heterocycles. The summed E-state index contributed by atoms with van der Waals surface area (Å²) in [6, 6.07) is 16.5. The summed E-state index contributed by atoms with van der Waals surface area (Å²) in [5.74, 6) is 0.660. The van der Waals surface area contributed by atoms with E-state index >= 15 is 0 Å². The molecule has 0 fully saturated rings. The van der Waals surface area contributed by atoms with Crippen molar-refractivity contribution in [3.63, 3.8) is 0 Å². The Bertz CT molecular complexity index is 1200. The SMILES string of the molecule is O=C(Cc1ccc(NS(=O)(=O)c2ccc(F)cc2)cc1)NCc1ccc2c(c1)OCO2. The van der Waals surface area contributed by atoms with Crippen molar-refractivity contribution in [3.8, 4) is 11.5 Å². The third kappa shape index (κ3) is 5.13. The van der Waals surface area contributed by atoms with E-state index in [4.69, 9.17) is 9.47 Å². The molecular weight excluding hydrogens is 423 g/mol. The number of hydrogen-bond donors (Lipinski definition) is 2. The zero-order valence-electron chi connectivity index (χ0n) is 16.3. The minimum Gasteiger partial charge on any atom is -0.454 e. The first-order valence-electron chi connectivity index (χ1n) is 9.42. The molecule has 1 amide bonds. The summed E-state index contributed by atoms with van der Waals surface area (Å²) in [5.41, 5.74) is 1.96. The smallest absolute Gasteiger partial charge is 0.261 e. The first-order valence-corrected chi connectivity index (χ1v) is 10.9. The summed E-state index contributed by atoms with van der Waals surface area (Å²) in [7, 11) is -3.82. The molecule has 7 nitrogen and oxygen atoms in total. The van der Waals surface area contributed by atoms with E-state index in [9.17, 15) is 17.6 Å². The maximum atomic E-state index is 13.0. The Morgan fingerprint density at radius 2 is 1.58 bits per heavy atom. The molecular formula is C22H19FN2O5S. The minimum atomic E-state index is -3.82. The van der Waals surface area contributed by atoms with Crippen LogP contribution in [0.15, 0.2) is 71.6 Å². The van der Waals surface area contributed by atoms with Gasteiger partial charge in [-0.15, -0.1) is 0 Å². The number of carbonyl (C=O) groups is 1. The summed E-state index contributed by atoms with van der Waals surface area (Å²) < 4.78 is 50.7. The number of anilines is 1. The van der Waals surface area contributed by atoms with E-state index in [0.717, 1.165) is 23.3 Å². The number of amides is 1. The van der Waals surface area contributed by atoms with E-state index in [1.165, 1.54) is 12.1 Å². The van der Waals surface area contributed by atoms with Crippen LogP contribution >= 0.6 is 0 Å². The van der Waals surface area contributed by atoms with Crippen LogP contribution in [0.2, 0.25) is 0 Å². The van der Waals surface area contributed by atoms with E-state index in [1.807, 2.05) is 12.1 Å². The Morgan fingerprint density at radius 1 is 0.903 bits per heavy atom. The Kier molecular flexibility index (Phi) is 5.77. The van der Waals surface area contributed by atoms with Crippen LogP contribution < -0.4 is 19.5 Å². The van der Waals surface area contributed by atoms with Crippen molar-refractivity contribution >= 4 is 21.6 Å². The summed E-state index contributed by atoms with van der Waals surface area (Å²) in [5, 5.41) is 2.84. The van der Waals surface area contributed by atoms with Crippen molar-refractivity contribution in [2.45, 2.75) is 17.9 Å². The molecule has 160 valence electrons. The topological polar surface area (TPSA) is 93.7 Å². The second-order valence-electron chi connectivity index (χ2n) is 6.90. The number of hydrogen-bond acceptors (Lipinski definition) is 5. The number of ether oxygens (including phenoxy) is 2. The van der Waals surface area contributed by atoms with Gasteiger partial charge in [-0.1, -0.05) is 18.2 Å². The fourth-order valence-corrected chi connectivity index (χ4v) is 4.08. The summed E-state index contributed by atoms with van der Waals surface area (Å²) >= 11 is 0. The van der Waals surface area contributed by atoms with Crippen LogP contribution in [0.3, 0.4) is 0 Å². The molecule has 3 aromatic carbocycles. The lowest BCUT2D eigenvalue weighted by molar-refractivity contribution is -0.120. The standard InChI is InChI=1S/C22H19FN2O5S/c23-17-4-8-19(9-5-17)31(27,28)25-18-6-1-15(2-7-18)12-22(26)24-13-16-3-10-20-21(11-16)30-14-29-20/h1-11,25H,12-14H2,(H,24,26). The van der Waals surface area contributed by atoms with Crippen molar-refractivity contribution < 1.29 is 27.1 Å². The Labute approximate surface area is 178 Å². The van der Waals surface area contributed by atoms with E-state index in [0.29, 0.717) is 23.7 Å². The molecule has 0 spiro atoms. The zero-order valence-corrected chi connectivity index (χ0v) is 17.1. The number of halogens is 1. The van der Waals surface area contributed by atoms with Gasteiger partial charge >= 0.3 is 0 Å². The largest absolute Gasteiger partial charge is 0.454 e. The van der Waals surface area contributed by atoms with Crippen LogP contribution in [0.4, 0.5) is 10.1 Å². The van der Waals surface area contributed by atoms with E-state index in [-0.39, 0.29) is 24.0 Å². The molecule has 1 heterocycles. The number of benzene rings is 3. The average Bonchev–Trinajstić information content (AvgIpc) is 3.22. The molecule has 0 bridgehead atoms. The molecule has 0 atom stereocenters. The van der Waals surface area contributed by atoms with Gasteiger partial charge in [-0.3, -0.25) is 9.52 Å². The Hall–Kier alpha value is -3.59. The van der Waals surface area contributed by atoms with Crippen molar-refractivity contribution in [2.75, 3.05) is 11.5 Å². The van der Waals surface area contributed by atoms with Gasteiger partial charge in [-0.05, 0) is 59.7 Å². The maximum absolute atomic E-state index is 13.0. The zero-order chi connectivity index (χ0) is 21.8. The van der Waals surface area contributed by atoms with Gasteiger partial charge in [0.15, 0.2) is 11.5 Å². The third-order valence-electron chi connectivity index (χ3n) is 4.62. The number of carbonyl (C=O) groups excluding carboxylic acids is 1. The van der Waals surface area contributed by atoms with Crippen molar-refractivity contribution in [3.05, 3.63) is 83.7 Å². The van der Waals surface area contributed by atoms with Gasteiger partial charge < -0.3 is 14.8 Å². The van der Waals surface area contributed by atoms with E-state index in [2.05, 4.69) is 10.0 Å². The van der Waals surface area contributed by atoms with Crippen LogP contribution in [0.5, 0.6) is 11.5 Å². The first-order chi connectivity index (χ1) is 14.9. The second kappa shape index (κ2) is 8.65. The quantitative estimate of drug-likeness (QED) is 0.586. The highest BCUT2D eigenvalue weighted by Crippen LogP contribution is 2.32. The molecule has 0 unspecified atom stereocenters. The number of rotatable bonds is 7. The molecule has 0 aromatic heterocycles. The molecule has 0 radical (unpaired) electrons. The number of nitrogens with one attached hydrogen (secondary N) is 2. The van der Waals surface area contributed by atoms with Crippen molar-refractivity contribution in [1.29, 1.82) is 0 Å². The highest BCUT2D eigenvalue weighted by atomic mass is 32.2. The molecule has 1 aliphatic rings. The Morgan fingerprint density at radius 3 is 2.32 bits per heavy atom. The lowest BCUT2D eigenvalue weighted by atomic mass is 10.1. The molecule has 0 saturated carbocycles. The first kappa shape index (κ1) is 20.7. The van der Waals surface area contributed by atoms with Crippen molar-refractivity contribution in [2.24, 2.45) is 0 Å². The summed E-state index contributed by atoms with van der Waals surface area (Å²) in [4.78, 5) is 12.2. The van der Waals surface area contributed by atoms with Crippen LogP contribution in [0, 0.1) is 5.82 Å². The highest BCUT2D eigenvalue weighted by molar-refractivity contribution is 7.92. The van der Waals surface area contributed by atoms with Crippen molar-refractivity contribution in [1.82, 2.24) is 5.32 Å². The van der Waals surface area contributed by atoms with Gasteiger partial charge in [0.2, 0.25) is 12.7 Å². The second-order valence-corrected chi connectivity index (χ2v) is 8.58. The Balaban J connectivity index is 1.31. The average molecular weight is 442 g/mol. The predicted molar refractivity (Wildman–Crippen MR) is 112 cm³/mol. The monoisotopic (exact) mass is 442 g/mol. The number of sulfonamides is 1. The number of fused-ring (bicyclic) bond motifs is 1. The van der Waals surface area contributed by atoms with E-state index in [1.54, 1.807) is 30.3 Å². The highest BCUT2D eigenvalue weighted by Gasteiger charge is 2.15. The molecule has 2 N–H and O–H groups in total. The summed E-state index contributed by atoms with van der Waals surface area (Å²) in [6.07, 6.45) is 0.148. The van der Waals surface area contributed by atoms with Gasteiger partial charge in [0.05, 0.1) is 11.3 Å². The van der Waals surface area contributed by atoms with E-state index < -0.39 is 15.8 Å². The third-order valence-corrected chi connectivity index (χ3v) is 6.02. The van der Waals surface area contributed by atoms with Gasteiger partial charge in [0.25, 0.3) is 10.0 Å². The molecule has 0 aliphatic carbocycles. The van der Waals surface area contributed by atoms with Crippen LogP contribution in [0.1, 0.15) is 11.1 Å². The minimum absolute atomic E-state index is 0.0409. The molecule has 3 aromatic rings. The lowest BCUT2D eigenvalue weighted by Gasteiger charge is -2.09. The molecule has 31 heavy (non-hydrogen) atoms. The maximum Gasteiger partial charge on any atom is 0.261 e. The normalized spacial score (nSPS) is 12.4. The fraction of sp³-hybridized carbons (Fsp3) is 0.136. The summed E-state index contributed by atoms with van der Waals surface area (Å²) in [6.45, 7) is 0.548. The lowest BCUT2D eigenvalue weighted by Crippen LogP contribution is -2.24. The van der Waals surface area contributed by atoms with Crippen LogP contribution in [0.25, 0.3) is 0 Å². The van der Waals surface area contributed by atoms with Gasteiger partial charge in [-0.2, -0.15) is 0 Å². The van der Waals surface area contributed by atoms with Crippen LogP contribution in [-0.4, -0.2) is 21.1 Å². The predicted octanol–water partition coefficient (Wildman–Crippen LogP) is 3.21. The van der Waals surface area contributed by atoms with Gasteiger partial charge in [0.1, 0.15) is 5.82 Å².